The molecule has 0 saturated heterocycles. The number of carbonyl (C=O) groups excluding carboxylic acids is 1. The van der Waals surface area contributed by atoms with Crippen LogP contribution in [0.25, 0.3) is 0 Å². The van der Waals surface area contributed by atoms with Crippen LogP contribution in [-0.2, 0) is 6.42 Å². The average molecular weight is 298 g/mol. The molecule has 0 spiro atoms. The molecule has 1 amide bonds. The first-order valence-electron chi connectivity index (χ1n) is 5.89. The molecule has 0 bridgehead atoms. The maximum absolute atomic E-state index is 11.9. The fraction of sp³-hybridized carbons (Fsp3) is 0.231. The summed E-state index contributed by atoms with van der Waals surface area (Å²) in [4.78, 5) is 19.1. The van der Waals surface area contributed by atoms with Gasteiger partial charge < -0.3 is 10.3 Å². The molecule has 0 unspecified atom stereocenters. The second kappa shape index (κ2) is 6.59. The highest BCUT2D eigenvalue weighted by Gasteiger charge is 2.13. The van der Waals surface area contributed by atoms with Gasteiger partial charge >= 0.3 is 0 Å². The quantitative estimate of drug-likeness (QED) is 0.833. The highest BCUT2D eigenvalue weighted by molar-refractivity contribution is 6.39. The van der Waals surface area contributed by atoms with E-state index in [1.165, 1.54) is 0 Å². The predicted octanol–water partition coefficient (Wildman–Crippen LogP) is 3.08. The Balaban J connectivity index is 1.84. The molecule has 2 aromatic rings. The lowest BCUT2D eigenvalue weighted by Gasteiger charge is -2.07. The summed E-state index contributed by atoms with van der Waals surface area (Å²) in [7, 11) is 0. The molecule has 4 nitrogen and oxygen atoms in total. The lowest BCUT2D eigenvalue weighted by molar-refractivity contribution is 0.0953. The van der Waals surface area contributed by atoms with E-state index in [0.29, 0.717) is 22.2 Å². The maximum atomic E-state index is 11.9. The normalized spacial score (nSPS) is 10.4. The van der Waals surface area contributed by atoms with Crippen LogP contribution in [0.3, 0.4) is 0 Å². The highest BCUT2D eigenvalue weighted by atomic mass is 35.5. The standard InChI is InChI=1S/C13H13Cl2N3O/c14-9-3-1-4-10(15)12(9)13(19)18-6-2-5-11-16-7-8-17-11/h1,3-4,7-8H,2,5-6H2,(H,16,17)(H,18,19). The van der Waals surface area contributed by atoms with E-state index < -0.39 is 0 Å². The Hall–Kier alpha value is -1.52. The number of aromatic nitrogens is 2. The number of aryl methyl sites for hydroxylation is 1. The van der Waals surface area contributed by atoms with E-state index in [9.17, 15) is 4.79 Å². The molecule has 0 saturated carbocycles. The first kappa shape index (κ1) is 13.9. The van der Waals surface area contributed by atoms with E-state index in [1.54, 1.807) is 30.6 Å². The SMILES string of the molecule is O=C(NCCCc1ncc[nH]1)c1c(Cl)cccc1Cl. The summed E-state index contributed by atoms with van der Waals surface area (Å²) >= 11 is 11.9. The van der Waals surface area contributed by atoms with E-state index in [1.807, 2.05) is 0 Å². The third-order valence-corrected chi connectivity index (χ3v) is 3.25. The van der Waals surface area contributed by atoms with E-state index in [0.717, 1.165) is 18.7 Å². The van der Waals surface area contributed by atoms with Crippen LogP contribution in [0.5, 0.6) is 0 Å². The lowest BCUT2D eigenvalue weighted by atomic mass is 10.2. The molecule has 0 aliphatic rings. The molecule has 0 aliphatic carbocycles. The maximum Gasteiger partial charge on any atom is 0.254 e. The molecule has 1 aromatic heterocycles. The summed E-state index contributed by atoms with van der Waals surface area (Å²) in [5.41, 5.74) is 0.323. The van der Waals surface area contributed by atoms with Gasteiger partial charge in [-0.2, -0.15) is 0 Å². The van der Waals surface area contributed by atoms with Crippen molar-refractivity contribution in [2.75, 3.05) is 6.54 Å². The lowest BCUT2D eigenvalue weighted by Crippen LogP contribution is -2.25. The molecule has 2 N–H and O–H groups in total. The Bertz CT molecular complexity index is 535. The van der Waals surface area contributed by atoms with Gasteiger partial charge in [-0.1, -0.05) is 29.3 Å². The van der Waals surface area contributed by atoms with Gasteiger partial charge in [0.05, 0.1) is 15.6 Å². The molecule has 0 atom stereocenters. The van der Waals surface area contributed by atoms with Crippen LogP contribution in [-0.4, -0.2) is 22.4 Å². The zero-order valence-electron chi connectivity index (χ0n) is 10.1. The van der Waals surface area contributed by atoms with Crippen LogP contribution in [0.15, 0.2) is 30.6 Å². The monoisotopic (exact) mass is 297 g/mol. The number of hydrogen-bond donors (Lipinski definition) is 2. The minimum absolute atomic E-state index is 0.255. The summed E-state index contributed by atoms with van der Waals surface area (Å²) in [6.45, 7) is 0.543. The van der Waals surface area contributed by atoms with Gasteiger partial charge in [-0.25, -0.2) is 4.98 Å². The summed E-state index contributed by atoms with van der Waals surface area (Å²) in [6.07, 6.45) is 5.06. The van der Waals surface area contributed by atoms with Crippen LogP contribution in [0.1, 0.15) is 22.6 Å². The van der Waals surface area contributed by atoms with Gasteiger partial charge in [0.2, 0.25) is 0 Å². The number of benzene rings is 1. The van der Waals surface area contributed by atoms with Crippen molar-refractivity contribution in [2.24, 2.45) is 0 Å². The fourth-order valence-electron chi connectivity index (χ4n) is 1.70. The number of hydrogen-bond acceptors (Lipinski definition) is 2. The number of amides is 1. The summed E-state index contributed by atoms with van der Waals surface area (Å²) < 4.78 is 0. The minimum Gasteiger partial charge on any atom is -0.352 e. The second-order valence-electron chi connectivity index (χ2n) is 3.99. The molecule has 19 heavy (non-hydrogen) atoms. The van der Waals surface area contributed by atoms with E-state index in [2.05, 4.69) is 15.3 Å². The number of H-pyrrole nitrogens is 1. The Morgan fingerprint density at radius 2 is 2.05 bits per heavy atom. The van der Waals surface area contributed by atoms with Gasteiger partial charge in [0, 0.05) is 25.4 Å². The molecule has 0 fully saturated rings. The number of imidazole rings is 1. The molecule has 100 valence electrons. The van der Waals surface area contributed by atoms with Crippen molar-refractivity contribution < 1.29 is 4.79 Å². The zero-order chi connectivity index (χ0) is 13.7. The first-order valence-corrected chi connectivity index (χ1v) is 6.64. The summed E-state index contributed by atoms with van der Waals surface area (Å²) in [5.74, 6) is 0.653. The number of carbonyl (C=O) groups is 1. The van der Waals surface area contributed by atoms with Gasteiger partial charge in [-0.15, -0.1) is 0 Å². The summed E-state index contributed by atoms with van der Waals surface area (Å²) in [5, 5.41) is 3.51. The number of nitrogens with zero attached hydrogens (tertiary/aromatic N) is 1. The largest absolute Gasteiger partial charge is 0.352 e. The van der Waals surface area contributed by atoms with Crippen molar-refractivity contribution in [3.8, 4) is 0 Å². The molecule has 1 aromatic carbocycles. The van der Waals surface area contributed by atoms with Crippen molar-refractivity contribution in [3.05, 3.63) is 52.0 Å². The van der Waals surface area contributed by atoms with Crippen molar-refractivity contribution >= 4 is 29.1 Å². The van der Waals surface area contributed by atoms with E-state index in [-0.39, 0.29) is 5.91 Å². The van der Waals surface area contributed by atoms with E-state index in [4.69, 9.17) is 23.2 Å². The Morgan fingerprint density at radius 1 is 1.32 bits per heavy atom. The average Bonchev–Trinajstić information content (AvgIpc) is 2.87. The van der Waals surface area contributed by atoms with Crippen LogP contribution in [0.4, 0.5) is 0 Å². The van der Waals surface area contributed by atoms with Crippen molar-refractivity contribution in [3.63, 3.8) is 0 Å². The number of aromatic amines is 1. The van der Waals surface area contributed by atoms with Gasteiger partial charge in [-0.3, -0.25) is 4.79 Å². The number of rotatable bonds is 5. The van der Waals surface area contributed by atoms with Gasteiger partial charge in [0.1, 0.15) is 5.82 Å². The van der Waals surface area contributed by atoms with Crippen LogP contribution in [0.2, 0.25) is 10.0 Å². The first-order chi connectivity index (χ1) is 9.18. The summed E-state index contributed by atoms with van der Waals surface area (Å²) in [6, 6.07) is 4.99. The molecule has 2 rings (SSSR count). The molecular formula is C13H13Cl2N3O. The number of halogens is 2. The van der Waals surface area contributed by atoms with E-state index >= 15 is 0 Å². The van der Waals surface area contributed by atoms with Crippen molar-refractivity contribution in [1.82, 2.24) is 15.3 Å². The van der Waals surface area contributed by atoms with Gasteiger partial charge in [0.15, 0.2) is 0 Å². The predicted molar refractivity (Wildman–Crippen MR) is 75.7 cm³/mol. The fourth-order valence-corrected chi connectivity index (χ4v) is 2.26. The smallest absolute Gasteiger partial charge is 0.254 e. The Labute approximate surface area is 121 Å². The third-order valence-electron chi connectivity index (χ3n) is 2.62. The van der Waals surface area contributed by atoms with Gasteiger partial charge in [0.25, 0.3) is 5.91 Å². The molecule has 0 aliphatic heterocycles. The van der Waals surface area contributed by atoms with Crippen molar-refractivity contribution in [2.45, 2.75) is 12.8 Å². The topological polar surface area (TPSA) is 57.8 Å². The van der Waals surface area contributed by atoms with Gasteiger partial charge in [-0.05, 0) is 18.6 Å². The molecular weight excluding hydrogens is 285 g/mol. The zero-order valence-corrected chi connectivity index (χ0v) is 11.6. The minimum atomic E-state index is -0.255. The molecule has 0 radical (unpaired) electrons. The highest BCUT2D eigenvalue weighted by Crippen LogP contribution is 2.23. The van der Waals surface area contributed by atoms with Crippen LogP contribution in [0, 0.1) is 0 Å². The number of nitrogens with one attached hydrogen (secondary N) is 2. The third kappa shape index (κ3) is 3.72. The Kier molecular flexibility index (Phi) is 4.82. The van der Waals surface area contributed by atoms with Crippen molar-refractivity contribution in [1.29, 1.82) is 0 Å². The molecule has 1 heterocycles. The molecule has 6 heteroatoms. The second-order valence-corrected chi connectivity index (χ2v) is 4.81. The van der Waals surface area contributed by atoms with Crippen LogP contribution >= 0.6 is 23.2 Å². The Morgan fingerprint density at radius 3 is 2.68 bits per heavy atom. The van der Waals surface area contributed by atoms with Crippen LogP contribution < -0.4 is 5.32 Å².